The van der Waals surface area contributed by atoms with Crippen molar-refractivity contribution in [3.05, 3.63) is 131 Å². The number of benzene rings is 3. The summed E-state index contributed by atoms with van der Waals surface area (Å²) in [6.45, 7) is 1.15. The average molecular weight is 813 g/mol. The first-order chi connectivity index (χ1) is 29.3. The second kappa shape index (κ2) is 18.2. The third-order valence-electron chi connectivity index (χ3n) is 12.4. The van der Waals surface area contributed by atoms with E-state index in [2.05, 4.69) is 44.9 Å². The van der Waals surface area contributed by atoms with Crippen LogP contribution in [0, 0.1) is 0 Å². The summed E-state index contributed by atoms with van der Waals surface area (Å²) in [4.78, 5) is 72.6. The molecule has 0 radical (unpaired) electrons. The smallest absolute Gasteiger partial charge is 0.407 e. The molecule has 5 aromatic rings. The van der Waals surface area contributed by atoms with E-state index in [0.29, 0.717) is 36.1 Å². The third-order valence-corrected chi connectivity index (χ3v) is 12.4. The Morgan fingerprint density at radius 3 is 1.62 bits per heavy atom. The lowest BCUT2D eigenvalue weighted by Crippen LogP contribution is -2.42. The topological polar surface area (TPSA) is 175 Å². The van der Waals surface area contributed by atoms with Gasteiger partial charge in [0.15, 0.2) is 0 Å². The van der Waals surface area contributed by atoms with E-state index < -0.39 is 24.3 Å². The lowest BCUT2D eigenvalue weighted by atomic mass is 9.77. The summed E-state index contributed by atoms with van der Waals surface area (Å²) in [5, 5.41) is 5.46. The van der Waals surface area contributed by atoms with Crippen LogP contribution in [0.4, 0.5) is 9.59 Å². The van der Waals surface area contributed by atoms with Gasteiger partial charge in [-0.25, -0.2) is 19.6 Å². The van der Waals surface area contributed by atoms with Crippen LogP contribution in [0.1, 0.15) is 121 Å². The summed E-state index contributed by atoms with van der Waals surface area (Å²) >= 11 is 0. The van der Waals surface area contributed by atoms with Gasteiger partial charge in [-0.05, 0) is 79.5 Å². The maximum atomic E-state index is 13.9. The quantitative estimate of drug-likeness (QED) is 0.105. The molecule has 4 heterocycles. The molecule has 8 rings (SSSR count). The van der Waals surface area contributed by atoms with Gasteiger partial charge in [-0.2, -0.15) is 0 Å². The zero-order chi connectivity index (χ0) is 41.6. The molecule has 2 saturated heterocycles. The van der Waals surface area contributed by atoms with Gasteiger partial charge >= 0.3 is 12.2 Å². The first kappa shape index (κ1) is 40.3. The summed E-state index contributed by atoms with van der Waals surface area (Å²) in [5.74, 6) is 1.95. The Bertz CT molecular complexity index is 2250. The number of imidazole rings is 2. The van der Waals surface area contributed by atoms with Crippen LogP contribution in [0.2, 0.25) is 0 Å². The predicted molar refractivity (Wildman–Crippen MR) is 223 cm³/mol. The summed E-state index contributed by atoms with van der Waals surface area (Å²) in [5.41, 5.74) is 5.73. The lowest BCUT2D eigenvalue weighted by Gasteiger charge is -2.29. The highest BCUT2D eigenvalue weighted by molar-refractivity contribution is 5.88. The van der Waals surface area contributed by atoms with Crippen LogP contribution < -0.4 is 10.6 Å². The Kier molecular flexibility index (Phi) is 12.3. The molecule has 3 aromatic carbocycles. The molecule has 312 valence electrons. The van der Waals surface area contributed by atoms with Crippen molar-refractivity contribution in [2.24, 2.45) is 0 Å². The number of rotatable bonds is 11. The number of aromatic nitrogens is 4. The van der Waals surface area contributed by atoms with E-state index >= 15 is 0 Å². The zero-order valence-corrected chi connectivity index (χ0v) is 34.0. The minimum Gasteiger partial charge on any atom is -0.453 e. The van der Waals surface area contributed by atoms with Crippen molar-refractivity contribution in [3.63, 3.8) is 0 Å². The van der Waals surface area contributed by atoms with Gasteiger partial charge in [0, 0.05) is 30.9 Å². The monoisotopic (exact) mass is 812 g/mol. The van der Waals surface area contributed by atoms with Crippen LogP contribution >= 0.6 is 0 Å². The molecule has 14 heteroatoms. The molecular weight excluding hydrogens is 761 g/mol. The maximum Gasteiger partial charge on any atom is 0.407 e. The van der Waals surface area contributed by atoms with Gasteiger partial charge in [0.05, 0.1) is 38.2 Å². The van der Waals surface area contributed by atoms with E-state index in [1.807, 2.05) is 78.0 Å². The Hall–Kier alpha value is -6.44. The van der Waals surface area contributed by atoms with E-state index in [1.54, 1.807) is 4.90 Å². The Morgan fingerprint density at radius 2 is 1.10 bits per heavy atom. The van der Waals surface area contributed by atoms with Gasteiger partial charge in [0.1, 0.15) is 23.7 Å². The fourth-order valence-corrected chi connectivity index (χ4v) is 9.23. The molecule has 0 bridgehead atoms. The first-order valence-electron chi connectivity index (χ1n) is 20.9. The molecule has 14 nitrogen and oxygen atoms in total. The minimum absolute atomic E-state index is 0.178. The van der Waals surface area contributed by atoms with Crippen molar-refractivity contribution in [1.29, 1.82) is 0 Å². The van der Waals surface area contributed by atoms with Crippen LogP contribution in [-0.2, 0) is 19.1 Å². The van der Waals surface area contributed by atoms with Crippen LogP contribution in [0.15, 0.2) is 97.3 Å². The highest BCUT2D eigenvalue weighted by atomic mass is 16.5. The highest BCUT2D eigenvalue weighted by Crippen LogP contribution is 2.42. The van der Waals surface area contributed by atoms with E-state index in [4.69, 9.17) is 19.4 Å². The molecule has 3 fully saturated rings. The summed E-state index contributed by atoms with van der Waals surface area (Å²) in [7, 11) is 2.58. The van der Waals surface area contributed by atoms with Gasteiger partial charge in [-0.3, -0.25) is 9.59 Å². The fourth-order valence-electron chi connectivity index (χ4n) is 9.23. The molecule has 4 amide bonds. The minimum atomic E-state index is -0.869. The Morgan fingerprint density at radius 1 is 0.617 bits per heavy atom. The number of carbonyl (C=O) groups is 4. The summed E-state index contributed by atoms with van der Waals surface area (Å²) in [6, 6.07) is 25.0. The molecule has 2 unspecified atom stereocenters. The molecule has 0 spiro atoms. The van der Waals surface area contributed by atoms with Gasteiger partial charge < -0.3 is 39.9 Å². The normalized spacial score (nSPS) is 21.2. The molecule has 1 aliphatic carbocycles. The standard InChI is InChI=1S/C46H52N8O6/c1-59-45(57)51-39(33-11-5-3-6-12-33)43(55)53-25-9-15-37(53)41-47-27-35(49-41)31-21-17-29(18-22-31)30-19-23-32(24-20-30)36-28-48-42(50-36)38-16-10-26-54(38)44(56)40(52-46(58)60-2)34-13-7-4-8-14-34/h3-8,11-14,17-18,21-22,27-28,30,32,37-40H,9-10,15-16,19-20,23-26H2,1-2H3,(H,47,49)(H,48,50)(H,51,57)(H,52,58)/t30?,32?,37-,38-,39?,40?/m0/s1. The van der Waals surface area contributed by atoms with Crippen molar-refractivity contribution in [2.75, 3.05) is 27.3 Å². The number of hydrogen-bond acceptors (Lipinski definition) is 8. The maximum absolute atomic E-state index is 13.9. The SMILES string of the molecule is COC(=O)NC(C(=O)N1CCC[C@H]1c1ncc(-c2ccc(C3CCC(c4cnc([C@@H]5CCCN5C(=O)C(NC(=O)OC)c5ccccc5)[nH]4)CC3)cc2)[nH]1)c1ccccc1. The van der Waals surface area contributed by atoms with Crippen molar-refractivity contribution < 1.29 is 28.7 Å². The van der Waals surface area contributed by atoms with E-state index in [0.717, 1.165) is 80.0 Å². The van der Waals surface area contributed by atoms with E-state index in [9.17, 15) is 19.2 Å². The number of alkyl carbamates (subject to hydrolysis) is 2. The molecule has 3 aliphatic rings. The van der Waals surface area contributed by atoms with Crippen molar-refractivity contribution in [3.8, 4) is 11.3 Å². The number of nitrogens with zero attached hydrogens (tertiary/aromatic N) is 4. The number of nitrogens with one attached hydrogen (secondary N) is 4. The van der Waals surface area contributed by atoms with Crippen LogP contribution in [-0.4, -0.2) is 81.0 Å². The van der Waals surface area contributed by atoms with Crippen molar-refractivity contribution in [2.45, 2.75) is 87.4 Å². The lowest BCUT2D eigenvalue weighted by molar-refractivity contribution is -0.135. The van der Waals surface area contributed by atoms with Crippen molar-refractivity contribution >= 4 is 24.0 Å². The van der Waals surface area contributed by atoms with Gasteiger partial charge in [-0.1, -0.05) is 84.9 Å². The molecule has 1 saturated carbocycles. The van der Waals surface area contributed by atoms with E-state index in [1.165, 1.54) is 19.8 Å². The van der Waals surface area contributed by atoms with Crippen LogP contribution in [0.3, 0.4) is 0 Å². The second-order valence-electron chi connectivity index (χ2n) is 15.9. The number of hydrogen-bond donors (Lipinski definition) is 4. The van der Waals surface area contributed by atoms with Crippen LogP contribution in [0.25, 0.3) is 11.3 Å². The molecule has 2 aromatic heterocycles. The Balaban J connectivity index is 0.878. The van der Waals surface area contributed by atoms with Crippen LogP contribution in [0.5, 0.6) is 0 Å². The predicted octanol–water partition coefficient (Wildman–Crippen LogP) is 7.76. The zero-order valence-electron chi connectivity index (χ0n) is 34.0. The average Bonchev–Trinajstić information content (AvgIpc) is 4.15. The van der Waals surface area contributed by atoms with Gasteiger partial charge in [0.2, 0.25) is 0 Å². The number of likely N-dealkylation sites (tertiary alicyclic amines) is 2. The molecule has 4 N–H and O–H groups in total. The van der Waals surface area contributed by atoms with Gasteiger partial charge in [0.25, 0.3) is 11.8 Å². The van der Waals surface area contributed by atoms with Gasteiger partial charge in [-0.15, -0.1) is 0 Å². The molecular formula is C46H52N8O6. The number of aromatic amines is 2. The first-order valence-corrected chi connectivity index (χ1v) is 20.9. The number of amides is 4. The largest absolute Gasteiger partial charge is 0.453 e. The molecule has 4 atom stereocenters. The Labute approximate surface area is 349 Å². The molecule has 2 aliphatic heterocycles. The number of carbonyl (C=O) groups excluding carboxylic acids is 4. The number of methoxy groups -OCH3 is 2. The number of H-pyrrole nitrogens is 2. The number of ether oxygens (including phenoxy) is 2. The second-order valence-corrected chi connectivity index (χ2v) is 15.9. The third kappa shape index (κ3) is 8.63. The van der Waals surface area contributed by atoms with Crippen molar-refractivity contribution in [1.82, 2.24) is 40.4 Å². The summed E-state index contributed by atoms with van der Waals surface area (Å²) < 4.78 is 9.68. The fraction of sp³-hybridized carbons (Fsp3) is 0.391. The summed E-state index contributed by atoms with van der Waals surface area (Å²) in [6.07, 6.45) is 9.87. The highest BCUT2D eigenvalue weighted by Gasteiger charge is 2.39. The van der Waals surface area contributed by atoms with E-state index in [-0.39, 0.29) is 23.9 Å². The molecule has 60 heavy (non-hydrogen) atoms.